The summed E-state index contributed by atoms with van der Waals surface area (Å²) in [6.07, 6.45) is 3.15. The molecule has 0 bridgehead atoms. The number of hydrogen-bond donors (Lipinski definition) is 0. The Kier molecular flexibility index (Phi) is 4.39. The molecule has 0 aliphatic heterocycles. The van der Waals surface area contributed by atoms with Crippen molar-refractivity contribution in [1.82, 2.24) is 0 Å². The molecule has 100 valence electrons. The summed E-state index contributed by atoms with van der Waals surface area (Å²) in [5.41, 5.74) is 1.71. The average molecular weight is 258 g/mol. The van der Waals surface area contributed by atoms with Crippen LogP contribution in [0.25, 0.3) is 0 Å². The van der Waals surface area contributed by atoms with Crippen LogP contribution in [0.4, 0.5) is 0 Å². The Bertz CT molecular complexity index is 569. The molecule has 0 spiro atoms. The van der Waals surface area contributed by atoms with Gasteiger partial charge in [0.15, 0.2) is 0 Å². The lowest BCUT2D eigenvalue weighted by molar-refractivity contribution is 0.414. The zero-order valence-electron chi connectivity index (χ0n) is 11.3. The SMILES string of the molecule is CCC(Cc1ccc(OC)cc1)c1cccoc1=O. The second-order valence-electron chi connectivity index (χ2n) is 4.51. The smallest absolute Gasteiger partial charge is 0.339 e. The molecule has 0 amide bonds. The maximum atomic E-state index is 11.7. The molecule has 0 fully saturated rings. The molecular weight excluding hydrogens is 240 g/mol. The summed E-state index contributed by atoms with van der Waals surface area (Å²) in [7, 11) is 1.65. The minimum atomic E-state index is -0.233. The van der Waals surface area contributed by atoms with Crippen LogP contribution in [-0.2, 0) is 6.42 Å². The van der Waals surface area contributed by atoms with Crippen LogP contribution in [-0.4, -0.2) is 7.11 Å². The van der Waals surface area contributed by atoms with Gasteiger partial charge in [-0.25, -0.2) is 4.79 Å². The Balaban J connectivity index is 2.19. The Labute approximate surface area is 112 Å². The monoisotopic (exact) mass is 258 g/mol. The zero-order valence-corrected chi connectivity index (χ0v) is 11.3. The molecule has 1 unspecified atom stereocenters. The summed E-state index contributed by atoms with van der Waals surface area (Å²) in [5.74, 6) is 1.03. The fourth-order valence-electron chi connectivity index (χ4n) is 2.20. The molecule has 0 N–H and O–H groups in total. The van der Waals surface area contributed by atoms with E-state index in [9.17, 15) is 4.79 Å². The second kappa shape index (κ2) is 6.23. The highest BCUT2D eigenvalue weighted by Crippen LogP contribution is 2.23. The number of ether oxygens (including phenoxy) is 1. The largest absolute Gasteiger partial charge is 0.497 e. The molecule has 1 heterocycles. The van der Waals surface area contributed by atoms with Crippen molar-refractivity contribution in [2.75, 3.05) is 7.11 Å². The molecule has 3 heteroatoms. The van der Waals surface area contributed by atoms with Gasteiger partial charge in [0.25, 0.3) is 0 Å². The van der Waals surface area contributed by atoms with Gasteiger partial charge in [0, 0.05) is 5.56 Å². The van der Waals surface area contributed by atoms with Gasteiger partial charge in [-0.2, -0.15) is 0 Å². The number of methoxy groups -OCH3 is 1. The molecule has 0 radical (unpaired) electrons. The van der Waals surface area contributed by atoms with Gasteiger partial charge in [0.05, 0.1) is 13.4 Å². The van der Waals surface area contributed by atoms with E-state index in [-0.39, 0.29) is 11.5 Å². The Morgan fingerprint density at radius 1 is 1.21 bits per heavy atom. The van der Waals surface area contributed by atoms with Crippen molar-refractivity contribution in [3.8, 4) is 5.75 Å². The normalized spacial score (nSPS) is 12.1. The first-order valence-electron chi connectivity index (χ1n) is 6.45. The van der Waals surface area contributed by atoms with Gasteiger partial charge < -0.3 is 9.15 Å². The molecule has 2 aromatic rings. The third-order valence-corrected chi connectivity index (χ3v) is 3.34. The fourth-order valence-corrected chi connectivity index (χ4v) is 2.20. The van der Waals surface area contributed by atoms with E-state index in [1.54, 1.807) is 13.2 Å². The van der Waals surface area contributed by atoms with Crippen LogP contribution >= 0.6 is 0 Å². The van der Waals surface area contributed by atoms with Crippen molar-refractivity contribution in [2.24, 2.45) is 0 Å². The van der Waals surface area contributed by atoms with E-state index in [0.717, 1.165) is 24.2 Å². The summed E-state index contributed by atoms with van der Waals surface area (Å²) in [6, 6.07) is 11.6. The minimum absolute atomic E-state index is 0.186. The Hall–Kier alpha value is -2.03. The van der Waals surface area contributed by atoms with Crippen molar-refractivity contribution in [3.05, 3.63) is 64.2 Å². The first-order valence-corrected chi connectivity index (χ1v) is 6.45. The lowest BCUT2D eigenvalue weighted by Gasteiger charge is -2.14. The third-order valence-electron chi connectivity index (χ3n) is 3.34. The van der Waals surface area contributed by atoms with Gasteiger partial charge in [0.1, 0.15) is 5.75 Å². The van der Waals surface area contributed by atoms with Gasteiger partial charge in [-0.1, -0.05) is 19.1 Å². The quantitative estimate of drug-likeness (QED) is 0.825. The Morgan fingerprint density at radius 3 is 2.53 bits per heavy atom. The zero-order chi connectivity index (χ0) is 13.7. The van der Waals surface area contributed by atoms with Crippen LogP contribution < -0.4 is 10.4 Å². The maximum absolute atomic E-state index is 11.7. The molecule has 0 saturated carbocycles. The van der Waals surface area contributed by atoms with Gasteiger partial charge in [-0.3, -0.25) is 0 Å². The number of benzene rings is 1. The summed E-state index contributed by atoms with van der Waals surface area (Å²) >= 11 is 0. The first-order chi connectivity index (χ1) is 9.24. The summed E-state index contributed by atoms with van der Waals surface area (Å²) in [4.78, 5) is 11.7. The predicted octanol–water partition coefficient (Wildman–Crippen LogP) is 3.38. The summed E-state index contributed by atoms with van der Waals surface area (Å²) in [6.45, 7) is 2.08. The van der Waals surface area contributed by atoms with Crippen molar-refractivity contribution in [1.29, 1.82) is 0 Å². The first kappa shape index (κ1) is 13.4. The van der Waals surface area contributed by atoms with E-state index >= 15 is 0 Å². The van der Waals surface area contributed by atoms with Gasteiger partial charge in [-0.15, -0.1) is 0 Å². The van der Waals surface area contributed by atoms with Crippen LogP contribution in [0.5, 0.6) is 5.75 Å². The van der Waals surface area contributed by atoms with E-state index in [1.165, 1.54) is 11.8 Å². The lowest BCUT2D eigenvalue weighted by Crippen LogP contribution is -2.13. The number of rotatable bonds is 5. The fraction of sp³-hybridized carbons (Fsp3) is 0.312. The van der Waals surface area contributed by atoms with E-state index in [2.05, 4.69) is 6.92 Å². The van der Waals surface area contributed by atoms with Crippen LogP contribution in [0.3, 0.4) is 0 Å². The van der Waals surface area contributed by atoms with Crippen molar-refractivity contribution in [3.63, 3.8) is 0 Å². The van der Waals surface area contributed by atoms with Gasteiger partial charge >= 0.3 is 5.63 Å². The van der Waals surface area contributed by atoms with Crippen LogP contribution in [0.1, 0.15) is 30.4 Å². The highest BCUT2D eigenvalue weighted by Gasteiger charge is 2.14. The predicted molar refractivity (Wildman–Crippen MR) is 74.7 cm³/mol. The minimum Gasteiger partial charge on any atom is -0.497 e. The van der Waals surface area contributed by atoms with Crippen LogP contribution in [0.15, 0.2) is 51.9 Å². The van der Waals surface area contributed by atoms with Crippen molar-refractivity contribution >= 4 is 0 Å². The summed E-state index contributed by atoms with van der Waals surface area (Å²) < 4.78 is 10.1. The molecule has 1 aromatic heterocycles. The van der Waals surface area contributed by atoms with Crippen molar-refractivity contribution in [2.45, 2.75) is 25.7 Å². The maximum Gasteiger partial charge on any atom is 0.339 e. The molecule has 0 aliphatic rings. The van der Waals surface area contributed by atoms with Crippen LogP contribution in [0.2, 0.25) is 0 Å². The lowest BCUT2D eigenvalue weighted by atomic mass is 9.91. The third kappa shape index (κ3) is 3.25. The molecule has 19 heavy (non-hydrogen) atoms. The molecule has 0 saturated heterocycles. The highest BCUT2D eigenvalue weighted by atomic mass is 16.5. The molecular formula is C16H18O3. The molecule has 3 nitrogen and oxygen atoms in total. The molecule has 0 aliphatic carbocycles. The highest BCUT2D eigenvalue weighted by molar-refractivity contribution is 5.29. The van der Waals surface area contributed by atoms with E-state index in [0.29, 0.717) is 0 Å². The van der Waals surface area contributed by atoms with E-state index < -0.39 is 0 Å². The standard InChI is InChI=1S/C16H18O3/c1-3-13(15-5-4-10-19-16(15)17)11-12-6-8-14(18-2)9-7-12/h4-10,13H,3,11H2,1-2H3. The van der Waals surface area contributed by atoms with E-state index in [4.69, 9.17) is 9.15 Å². The average Bonchev–Trinajstić information content (AvgIpc) is 2.46. The molecule has 1 aromatic carbocycles. The molecule has 1 atom stereocenters. The summed E-state index contributed by atoms with van der Waals surface area (Å²) in [5, 5.41) is 0. The number of hydrogen-bond acceptors (Lipinski definition) is 3. The molecule has 2 rings (SSSR count). The van der Waals surface area contributed by atoms with Crippen molar-refractivity contribution < 1.29 is 9.15 Å². The second-order valence-corrected chi connectivity index (χ2v) is 4.51. The Morgan fingerprint density at radius 2 is 1.95 bits per heavy atom. The van der Waals surface area contributed by atoms with Gasteiger partial charge in [-0.05, 0) is 48.6 Å². The van der Waals surface area contributed by atoms with Gasteiger partial charge in [0.2, 0.25) is 0 Å². The topological polar surface area (TPSA) is 39.4 Å². The van der Waals surface area contributed by atoms with Crippen LogP contribution in [0, 0.1) is 0 Å². The van der Waals surface area contributed by atoms with E-state index in [1.807, 2.05) is 30.3 Å².